The van der Waals surface area contributed by atoms with Crippen LogP contribution in [0.2, 0.25) is 0 Å². The van der Waals surface area contributed by atoms with Crippen molar-refractivity contribution in [1.29, 1.82) is 0 Å². The SMILES string of the molecule is COC1CC(CC(=O)O)N(C(=O)c2ccccc2SC(C)C)C1. The lowest BCUT2D eigenvalue weighted by atomic mass is 10.1. The Hall–Kier alpha value is -1.53. The zero-order valence-electron chi connectivity index (χ0n) is 13.7. The third kappa shape index (κ3) is 4.48. The van der Waals surface area contributed by atoms with Crippen molar-refractivity contribution in [1.82, 2.24) is 4.90 Å². The molecule has 0 bridgehead atoms. The van der Waals surface area contributed by atoms with E-state index in [0.29, 0.717) is 23.8 Å². The first-order valence-corrected chi connectivity index (χ1v) is 8.61. The van der Waals surface area contributed by atoms with Crippen molar-refractivity contribution < 1.29 is 19.4 Å². The molecule has 1 aliphatic heterocycles. The molecule has 0 radical (unpaired) electrons. The van der Waals surface area contributed by atoms with E-state index in [2.05, 4.69) is 13.8 Å². The summed E-state index contributed by atoms with van der Waals surface area (Å²) in [5, 5.41) is 9.46. The third-order valence-electron chi connectivity index (χ3n) is 3.86. The van der Waals surface area contributed by atoms with Crippen LogP contribution in [-0.4, -0.2) is 52.9 Å². The van der Waals surface area contributed by atoms with Gasteiger partial charge in [-0.3, -0.25) is 9.59 Å². The summed E-state index contributed by atoms with van der Waals surface area (Å²) >= 11 is 1.64. The summed E-state index contributed by atoms with van der Waals surface area (Å²) < 4.78 is 5.34. The molecule has 0 aromatic heterocycles. The Labute approximate surface area is 141 Å². The molecule has 1 aliphatic rings. The van der Waals surface area contributed by atoms with Gasteiger partial charge in [0.25, 0.3) is 5.91 Å². The number of amides is 1. The van der Waals surface area contributed by atoms with Crippen molar-refractivity contribution >= 4 is 23.6 Å². The van der Waals surface area contributed by atoms with Crippen LogP contribution < -0.4 is 0 Å². The predicted octanol–water partition coefficient (Wildman–Crippen LogP) is 2.89. The topological polar surface area (TPSA) is 66.8 Å². The van der Waals surface area contributed by atoms with E-state index >= 15 is 0 Å². The molecule has 1 amide bonds. The lowest BCUT2D eigenvalue weighted by Crippen LogP contribution is -2.37. The zero-order chi connectivity index (χ0) is 17.0. The number of ether oxygens (including phenoxy) is 1. The van der Waals surface area contributed by atoms with Crippen molar-refractivity contribution in [3.8, 4) is 0 Å². The summed E-state index contributed by atoms with van der Waals surface area (Å²) in [6.45, 7) is 4.60. The van der Waals surface area contributed by atoms with Gasteiger partial charge in [0.15, 0.2) is 0 Å². The molecule has 2 rings (SSSR count). The average Bonchev–Trinajstić information content (AvgIpc) is 2.88. The predicted molar refractivity (Wildman–Crippen MR) is 89.9 cm³/mol. The maximum atomic E-state index is 13.0. The molecule has 1 fully saturated rings. The van der Waals surface area contributed by atoms with Crippen LogP contribution in [0.25, 0.3) is 0 Å². The van der Waals surface area contributed by atoms with Gasteiger partial charge in [0.05, 0.1) is 18.1 Å². The van der Waals surface area contributed by atoms with Gasteiger partial charge in [0.1, 0.15) is 0 Å². The number of thioether (sulfide) groups is 1. The summed E-state index contributed by atoms with van der Waals surface area (Å²) in [6, 6.07) is 7.19. The van der Waals surface area contributed by atoms with Crippen molar-refractivity contribution in [2.45, 2.75) is 49.0 Å². The van der Waals surface area contributed by atoms with Gasteiger partial charge in [0, 0.05) is 29.8 Å². The molecule has 1 aromatic rings. The minimum Gasteiger partial charge on any atom is -0.481 e. The van der Waals surface area contributed by atoms with E-state index in [-0.39, 0.29) is 24.5 Å². The first kappa shape index (κ1) is 17.8. The Kier molecular flexibility index (Phi) is 6.07. The molecule has 1 heterocycles. The van der Waals surface area contributed by atoms with E-state index in [1.807, 2.05) is 24.3 Å². The normalized spacial score (nSPS) is 21.0. The molecule has 2 unspecified atom stereocenters. The number of benzene rings is 1. The summed E-state index contributed by atoms with van der Waals surface area (Å²) in [5.74, 6) is -1.01. The van der Waals surface area contributed by atoms with Gasteiger partial charge in [-0.2, -0.15) is 0 Å². The lowest BCUT2D eigenvalue weighted by Gasteiger charge is -2.24. The molecule has 0 saturated carbocycles. The van der Waals surface area contributed by atoms with Gasteiger partial charge in [0.2, 0.25) is 0 Å². The fraction of sp³-hybridized carbons (Fsp3) is 0.529. The fourth-order valence-corrected chi connectivity index (χ4v) is 3.79. The molecule has 126 valence electrons. The summed E-state index contributed by atoms with van der Waals surface area (Å²) in [4.78, 5) is 26.6. The number of hydrogen-bond acceptors (Lipinski definition) is 4. The average molecular weight is 337 g/mol. The second-order valence-corrected chi connectivity index (χ2v) is 7.58. The first-order chi connectivity index (χ1) is 10.9. The number of hydrogen-bond donors (Lipinski definition) is 1. The molecule has 2 atom stereocenters. The van der Waals surface area contributed by atoms with Crippen molar-refractivity contribution in [2.75, 3.05) is 13.7 Å². The van der Waals surface area contributed by atoms with Gasteiger partial charge in [-0.05, 0) is 18.6 Å². The van der Waals surface area contributed by atoms with Crippen LogP contribution in [0, 0.1) is 0 Å². The highest BCUT2D eigenvalue weighted by Gasteiger charge is 2.37. The van der Waals surface area contributed by atoms with Crippen LogP contribution in [-0.2, 0) is 9.53 Å². The lowest BCUT2D eigenvalue weighted by molar-refractivity contribution is -0.137. The molecule has 1 aromatic carbocycles. The van der Waals surface area contributed by atoms with Gasteiger partial charge in [-0.1, -0.05) is 26.0 Å². The summed E-state index contributed by atoms with van der Waals surface area (Å²) in [7, 11) is 1.60. The van der Waals surface area contributed by atoms with Crippen LogP contribution in [0.15, 0.2) is 29.2 Å². The zero-order valence-corrected chi connectivity index (χ0v) is 14.5. The van der Waals surface area contributed by atoms with Crippen molar-refractivity contribution in [2.24, 2.45) is 0 Å². The number of carboxylic acids is 1. The van der Waals surface area contributed by atoms with E-state index in [1.54, 1.807) is 23.8 Å². The molecular formula is C17H23NO4S. The van der Waals surface area contributed by atoms with E-state index in [1.165, 1.54) is 0 Å². The van der Waals surface area contributed by atoms with Gasteiger partial charge in [-0.15, -0.1) is 11.8 Å². The van der Waals surface area contributed by atoms with E-state index < -0.39 is 5.97 Å². The third-order valence-corrected chi connectivity index (χ3v) is 4.94. The maximum Gasteiger partial charge on any atom is 0.305 e. The highest BCUT2D eigenvalue weighted by molar-refractivity contribution is 8.00. The van der Waals surface area contributed by atoms with Crippen molar-refractivity contribution in [3.05, 3.63) is 29.8 Å². The van der Waals surface area contributed by atoms with Gasteiger partial charge < -0.3 is 14.7 Å². The van der Waals surface area contributed by atoms with Crippen LogP contribution in [0.5, 0.6) is 0 Å². The standard InChI is InChI=1S/C17H23NO4S/c1-11(2)23-15-7-5-4-6-14(15)17(21)18-10-13(22-3)8-12(18)9-16(19)20/h4-7,11-13H,8-10H2,1-3H3,(H,19,20). The van der Waals surface area contributed by atoms with Crippen LogP contribution >= 0.6 is 11.8 Å². The summed E-state index contributed by atoms with van der Waals surface area (Å²) in [5.41, 5.74) is 0.637. The number of methoxy groups -OCH3 is 1. The van der Waals surface area contributed by atoms with Crippen LogP contribution in [0.1, 0.15) is 37.0 Å². The second-order valence-electron chi connectivity index (χ2n) is 5.97. The molecule has 23 heavy (non-hydrogen) atoms. The van der Waals surface area contributed by atoms with Gasteiger partial charge in [-0.25, -0.2) is 0 Å². The van der Waals surface area contributed by atoms with Gasteiger partial charge >= 0.3 is 5.97 Å². The minimum atomic E-state index is -0.894. The van der Waals surface area contributed by atoms with E-state index in [0.717, 1.165) is 4.90 Å². The van der Waals surface area contributed by atoms with Crippen LogP contribution in [0.4, 0.5) is 0 Å². The Morgan fingerprint density at radius 1 is 1.39 bits per heavy atom. The van der Waals surface area contributed by atoms with E-state index in [4.69, 9.17) is 9.84 Å². The Bertz CT molecular complexity index is 575. The quantitative estimate of drug-likeness (QED) is 0.809. The van der Waals surface area contributed by atoms with Crippen LogP contribution in [0.3, 0.4) is 0 Å². The number of aliphatic carboxylic acids is 1. The highest BCUT2D eigenvalue weighted by Crippen LogP contribution is 2.30. The number of carboxylic acid groups (broad SMARTS) is 1. The first-order valence-electron chi connectivity index (χ1n) is 7.73. The molecule has 1 N–H and O–H groups in total. The molecule has 1 saturated heterocycles. The Morgan fingerprint density at radius 2 is 2.09 bits per heavy atom. The monoisotopic (exact) mass is 337 g/mol. The van der Waals surface area contributed by atoms with Crippen molar-refractivity contribution in [3.63, 3.8) is 0 Å². The smallest absolute Gasteiger partial charge is 0.305 e. The number of carbonyl (C=O) groups excluding carboxylic acids is 1. The Balaban J connectivity index is 2.25. The fourth-order valence-electron chi connectivity index (χ4n) is 2.84. The summed E-state index contributed by atoms with van der Waals surface area (Å²) in [6.07, 6.45) is 0.410. The molecule has 0 spiro atoms. The highest BCUT2D eigenvalue weighted by atomic mass is 32.2. The Morgan fingerprint density at radius 3 is 2.70 bits per heavy atom. The van der Waals surface area contributed by atoms with E-state index in [9.17, 15) is 9.59 Å². The molecule has 5 nitrogen and oxygen atoms in total. The minimum absolute atomic E-state index is 0.0505. The maximum absolute atomic E-state index is 13.0. The molecule has 0 aliphatic carbocycles. The molecule has 6 heteroatoms. The number of rotatable bonds is 6. The molecular weight excluding hydrogens is 314 g/mol. The largest absolute Gasteiger partial charge is 0.481 e. The number of nitrogens with zero attached hydrogens (tertiary/aromatic N) is 1. The number of likely N-dealkylation sites (tertiary alicyclic amines) is 1. The second kappa shape index (κ2) is 7.84. The number of carbonyl (C=O) groups is 2.